The first-order valence-electron chi connectivity index (χ1n) is 14.2. The van der Waals surface area contributed by atoms with Crippen LogP contribution in [0, 0.1) is 0 Å². The van der Waals surface area contributed by atoms with Crippen LogP contribution in [0.5, 0.6) is 23.0 Å². The molecule has 1 aromatic heterocycles. The highest BCUT2D eigenvalue weighted by Gasteiger charge is 2.51. The van der Waals surface area contributed by atoms with Crippen molar-refractivity contribution in [2.24, 2.45) is 0 Å². The van der Waals surface area contributed by atoms with Gasteiger partial charge in [0.15, 0.2) is 17.4 Å². The number of benzene rings is 2. The number of rotatable bonds is 9. The van der Waals surface area contributed by atoms with Gasteiger partial charge in [-0.3, -0.25) is 4.79 Å². The summed E-state index contributed by atoms with van der Waals surface area (Å²) in [5.74, 6) is -0.149. The van der Waals surface area contributed by atoms with Crippen LogP contribution in [-0.4, -0.2) is 129 Å². The van der Waals surface area contributed by atoms with E-state index < -0.39 is 80.6 Å². The summed E-state index contributed by atoms with van der Waals surface area (Å²) in [7, 11) is 1.41. The molecule has 0 aliphatic carbocycles. The number of carbonyl (C=O) groups excluding carboxylic acids is 1. The van der Waals surface area contributed by atoms with Crippen molar-refractivity contribution in [2.45, 2.75) is 68.3 Å². The van der Waals surface area contributed by atoms with E-state index in [9.17, 15) is 45.6 Å². The Labute approximate surface area is 261 Å². The van der Waals surface area contributed by atoms with Crippen molar-refractivity contribution in [3.8, 4) is 34.3 Å². The van der Waals surface area contributed by atoms with Gasteiger partial charge in [-0.2, -0.15) is 0 Å². The summed E-state index contributed by atoms with van der Waals surface area (Å²) in [5, 5.41) is 81.8. The summed E-state index contributed by atoms with van der Waals surface area (Å²) in [6, 6.07) is 10.4. The van der Waals surface area contributed by atoms with Crippen LogP contribution in [0.3, 0.4) is 0 Å². The minimum Gasteiger partial charge on any atom is -0.508 e. The molecule has 2 aromatic carbocycles. The van der Waals surface area contributed by atoms with Gasteiger partial charge in [0.25, 0.3) is 0 Å². The molecule has 2 fully saturated rings. The van der Waals surface area contributed by atoms with Crippen molar-refractivity contribution in [2.75, 3.05) is 20.3 Å². The van der Waals surface area contributed by atoms with Gasteiger partial charge in [-0.05, 0) is 24.3 Å². The summed E-state index contributed by atoms with van der Waals surface area (Å²) >= 11 is 0. The van der Waals surface area contributed by atoms with Crippen molar-refractivity contribution < 1.29 is 78.5 Å². The number of phenolic OH excluding ortho intramolecular Hbond substituents is 1. The summed E-state index contributed by atoms with van der Waals surface area (Å²) in [6.45, 7) is -0.323. The second-order valence-corrected chi connectivity index (χ2v) is 10.7. The third-order valence-corrected chi connectivity index (χ3v) is 7.61. The highest BCUT2D eigenvalue weighted by molar-refractivity contribution is 5.94. The summed E-state index contributed by atoms with van der Waals surface area (Å²) in [6.07, 6.45) is -16.5. The lowest BCUT2D eigenvalue weighted by molar-refractivity contribution is -0.352. The van der Waals surface area contributed by atoms with Gasteiger partial charge in [0.05, 0.1) is 38.0 Å². The van der Waals surface area contributed by atoms with E-state index in [0.717, 1.165) is 0 Å². The largest absolute Gasteiger partial charge is 0.508 e. The predicted octanol–water partition coefficient (Wildman–Crippen LogP) is -0.977. The molecule has 46 heavy (non-hydrogen) atoms. The van der Waals surface area contributed by atoms with E-state index in [0.29, 0.717) is 11.3 Å². The molecule has 3 aromatic rings. The molecule has 0 bridgehead atoms. The Hall–Kier alpha value is -3.68. The number of esters is 1. The van der Waals surface area contributed by atoms with Gasteiger partial charge >= 0.3 is 17.3 Å². The predicted molar refractivity (Wildman–Crippen MR) is 153 cm³/mol. The van der Waals surface area contributed by atoms with E-state index >= 15 is 0 Å². The molecule has 0 saturated carbocycles. The number of hydrogen-bond donors (Lipinski definition) is 8. The quantitative estimate of drug-likeness (QED) is 0.0787. The molecule has 10 atom stereocenters. The van der Waals surface area contributed by atoms with Crippen molar-refractivity contribution in [3.05, 3.63) is 42.5 Å². The third-order valence-electron chi connectivity index (χ3n) is 7.61. The molecule has 16 heteroatoms. The molecule has 5 rings (SSSR count). The van der Waals surface area contributed by atoms with Gasteiger partial charge in [0.2, 0.25) is 6.29 Å². The Balaban J connectivity index is 1.44. The number of aliphatic hydroxyl groups is 7. The minimum atomic E-state index is -1.83. The lowest BCUT2D eigenvalue weighted by atomic mass is 9.97. The number of fused-ring (bicyclic) bond motifs is 1. The number of aliphatic hydroxyl groups excluding tert-OH is 7. The second kappa shape index (κ2) is 14.0. The van der Waals surface area contributed by atoms with Crippen molar-refractivity contribution in [1.82, 2.24) is 0 Å². The summed E-state index contributed by atoms with van der Waals surface area (Å²) in [5.41, 5.74) is 0.688. The molecule has 2 saturated heterocycles. The molecular weight excluding hydrogens is 616 g/mol. The fraction of sp³-hybridized carbons (Fsp3) is 0.467. The second-order valence-electron chi connectivity index (χ2n) is 10.7. The van der Waals surface area contributed by atoms with Crippen LogP contribution in [0.25, 0.3) is 22.3 Å². The Kier molecular flexibility index (Phi) is 10.2. The van der Waals surface area contributed by atoms with Crippen LogP contribution in [0.15, 0.2) is 46.9 Å². The molecule has 16 nitrogen and oxygen atoms in total. The molecule has 3 heterocycles. The van der Waals surface area contributed by atoms with E-state index in [4.69, 9.17) is 32.8 Å². The molecular formula is C30H35O16+. The van der Waals surface area contributed by atoms with E-state index in [1.165, 1.54) is 38.3 Å². The average molecular weight is 652 g/mol. The van der Waals surface area contributed by atoms with Crippen molar-refractivity contribution in [3.63, 3.8) is 0 Å². The van der Waals surface area contributed by atoms with E-state index in [-0.39, 0.29) is 34.0 Å². The van der Waals surface area contributed by atoms with Gasteiger partial charge in [-0.15, -0.1) is 0 Å². The Morgan fingerprint density at radius 1 is 0.826 bits per heavy atom. The molecule has 250 valence electrons. The Bertz CT molecular complexity index is 1510. The zero-order chi connectivity index (χ0) is 33.3. The van der Waals surface area contributed by atoms with Crippen LogP contribution in [-0.2, 0) is 19.0 Å². The zero-order valence-corrected chi connectivity index (χ0v) is 24.6. The van der Waals surface area contributed by atoms with Crippen LogP contribution >= 0.6 is 0 Å². The standard InChI is InChI=1S/C30H34O16/c1-12(33)41-18-7-15(8-19-22(18)17(40-2)9-16(43-19)13-3-5-14(34)6-4-13)42-29-27(39)25(37)28(21(11-32)45-29)46-30-26(38)24(36)23(35)20(10-31)44-30/h3-9,20-21,23-32,35-39H,10-11H2,1-2H3/p+1/t20-,21+,23-,24+,25+,26+,27+,28?,29?,30?/m0/s1. The van der Waals surface area contributed by atoms with E-state index in [2.05, 4.69) is 0 Å². The number of hydrogen-bond acceptors (Lipinski definition) is 15. The van der Waals surface area contributed by atoms with Crippen LogP contribution in [0.4, 0.5) is 0 Å². The highest BCUT2D eigenvalue weighted by Crippen LogP contribution is 2.42. The molecule has 8 N–H and O–H groups in total. The summed E-state index contributed by atoms with van der Waals surface area (Å²) in [4.78, 5) is 12.0. The first-order chi connectivity index (χ1) is 21.9. The van der Waals surface area contributed by atoms with Crippen LogP contribution < -0.4 is 14.2 Å². The molecule has 2 aliphatic rings. The first kappa shape index (κ1) is 33.7. The van der Waals surface area contributed by atoms with Gasteiger partial charge in [0, 0.05) is 13.0 Å². The van der Waals surface area contributed by atoms with Gasteiger partial charge in [0.1, 0.15) is 66.1 Å². The number of methoxy groups -OCH3 is 1. The topological polar surface area (TPSA) is 246 Å². The van der Waals surface area contributed by atoms with Crippen molar-refractivity contribution >= 4 is 16.9 Å². The molecule has 3 unspecified atom stereocenters. The SMILES string of the molecule is COc1cc(-c2ccc(O)cc2)[o+]c2cc(OC3O[C@H](CO)C(OC4O[C@@H](CO)[C@H](O)[C@@H](O)[C@H]4O)[C@H](O)[C@H]3O)cc(OC(C)=O)c12. The van der Waals surface area contributed by atoms with E-state index in [1.54, 1.807) is 18.2 Å². The molecule has 0 radical (unpaired) electrons. The normalized spacial score (nSPS) is 31.4. The molecule has 2 aliphatic heterocycles. The van der Waals surface area contributed by atoms with Crippen LogP contribution in [0.1, 0.15) is 6.92 Å². The van der Waals surface area contributed by atoms with Gasteiger partial charge in [-0.1, -0.05) is 0 Å². The maximum Gasteiger partial charge on any atom is 0.372 e. The number of aromatic hydroxyl groups is 1. The van der Waals surface area contributed by atoms with E-state index in [1.807, 2.05) is 0 Å². The number of ether oxygens (including phenoxy) is 6. The average Bonchev–Trinajstić information content (AvgIpc) is 3.03. The monoisotopic (exact) mass is 651 g/mol. The van der Waals surface area contributed by atoms with Crippen molar-refractivity contribution in [1.29, 1.82) is 0 Å². The first-order valence-corrected chi connectivity index (χ1v) is 14.2. The fourth-order valence-corrected chi connectivity index (χ4v) is 5.25. The molecule has 0 spiro atoms. The zero-order valence-electron chi connectivity index (χ0n) is 24.6. The lowest BCUT2D eigenvalue weighted by Crippen LogP contribution is -2.65. The maximum absolute atomic E-state index is 12.0. The third kappa shape index (κ3) is 6.72. The fourth-order valence-electron chi connectivity index (χ4n) is 5.25. The minimum absolute atomic E-state index is 0.0359. The molecule has 0 amide bonds. The highest BCUT2D eigenvalue weighted by atomic mass is 16.7. The Morgan fingerprint density at radius 2 is 1.48 bits per heavy atom. The maximum atomic E-state index is 12.0. The number of carbonyl (C=O) groups is 1. The number of phenols is 1. The van der Waals surface area contributed by atoms with Crippen LogP contribution in [0.2, 0.25) is 0 Å². The van der Waals surface area contributed by atoms with Gasteiger partial charge < -0.3 is 69.3 Å². The summed E-state index contributed by atoms with van der Waals surface area (Å²) < 4.78 is 39.5. The van der Waals surface area contributed by atoms with Gasteiger partial charge in [-0.25, -0.2) is 4.42 Å². The lowest BCUT2D eigenvalue weighted by Gasteiger charge is -2.45. The Morgan fingerprint density at radius 3 is 2.11 bits per heavy atom. The smallest absolute Gasteiger partial charge is 0.372 e.